The average Bonchev–Trinajstić information content (AvgIpc) is 1.81. The summed E-state index contributed by atoms with van der Waals surface area (Å²) in [6, 6.07) is 1.28. The van der Waals surface area contributed by atoms with Crippen LogP contribution in [0.2, 0.25) is 38.8 Å². The van der Waals surface area contributed by atoms with Gasteiger partial charge in [0.25, 0.3) is 0 Å². The Kier molecular flexibility index (Phi) is 5.69. The van der Waals surface area contributed by atoms with Gasteiger partial charge in [0, 0.05) is 0 Å². The van der Waals surface area contributed by atoms with E-state index in [1.165, 1.54) is 12.5 Å². The summed E-state index contributed by atoms with van der Waals surface area (Å²) in [4.78, 5) is 0. The molecule has 0 spiro atoms. The molecule has 0 unspecified atom stereocenters. The highest BCUT2D eigenvalue weighted by atomic mass is 28.5. The predicted octanol–water partition coefficient (Wildman–Crippen LogP) is 2.47. The highest BCUT2D eigenvalue weighted by molar-refractivity contribution is 6.82. The Bertz CT molecular complexity index is 143. The summed E-state index contributed by atoms with van der Waals surface area (Å²) in [7, 11) is -3.45. The van der Waals surface area contributed by atoms with Gasteiger partial charge in [-0.15, -0.1) is 0 Å². The summed E-state index contributed by atoms with van der Waals surface area (Å²) < 4.78 is 12.0. The van der Waals surface area contributed by atoms with Gasteiger partial charge in [-0.2, -0.15) is 0 Å². The molecule has 0 atom stereocenters. The lowest BCUT2D eigenvalue weighted by Crippen LogP contribution is -2.45. The molecule has 5 heteroatoms. The van der Waals surface area contributed by atoms with Gasteiger partial charge in [-0.05, 0) is 38.8 Å². The normalized spacial score (nSPS) is 14.3. The third-order valence-electron chi connectivity index (χ3n) is 1.50. The molecule has 0 rings (SSSR count). The first kappa shape index (κ1) is 13.6. The Hall–Kier alpha value is 0.571. The zero-order valence-corrected chi connectivity index (χ0v) is 13.4. The largest absolute Gasteiger partial charge is 0.442 e. The molecule has 0 aromatic rings. The Morgan fingerprint density at radius 2 is 1.62 bits per heavy atom. The van der Waals surface area contributed by atoms with Crippen LogP contribution < -0.4 is 0 Å². The molecule has 0 radical (unpaired) electrons. The third-order valence-corrected chi connectivity index (χ3v) is 10.5. The van der Waals surface area contributed by atoms with Gasteiger partial charge in [0.2, 0.25) is 0 Å². The summed E-state index contributed by atoms with van der Waals surface area (Å²) in [5, 5.41) is 0. The molecule has 0 aliphatic rings. The van der Waals surface area contributed by atoms with Crippen LogP contribution in [0.4, 0.5) is 0 Å². The van der Waals surface area contributed by atoms with E-state index < -0.39 is 16.9 Å². The second-order valence-electron chi connectivity index (χ2n) is 4.82. The van der Waals surface area contributed by atoms with Crippen molar-refractivity contribution in [1.82, 2.24) is 0 Å². The molecule has 80 valence electrons. The van der Waals surface area contributed by atoms with E-state index in [1.807, 2.05) is 0 Å². The van der Waals surface area contributed by atoms with Crippen molar-refractivity contribution in [1.29, 1.82) is 0 Å². The van der Waals surface area contributed by atoms with Gasteiger partial charge >= 0.3 is 8.56 Å². The first-order valence-electron chi connectivity index (χ1n) is 5.11. The fourth-order valence-corrected chi connectivity index (χ4v) is 10.7. The molecule has 0 amide bonds. The second kappa shape index (κ2) is 5.45. The second-order valence-corrected chi connectivity index (χ2v) is 14.9. The molecule has 0 aromatic carbocycles. The van der Waals surface area contributed by atoms with Gasteiger partial charge in [-0.3, -0.25) is 0 Å². The third kappa shape index (κ3) is 8.89. The van der Waals surface area contributed by atoms with Gasteiger partial charge in [-0.25, -0.2) is 0 Å². The SMILES string of the molecule is CCC[SiH2]O[Si](C)(C)O[Si](C)(C)C. The molecule has 13 heavy (non-hydrogen) atoms. The van der Waals surface area contributed by atoms with Gasteiger partial charge in [0.05, 0.1) is 0 Å². The number of hydrogen-bond donors (Lipinski definition) is 0. The van der Waals surface area contributed by atoms with E-state index in [9.17, 15) is 0 Å². The maximum absolute atomic E-state index is 6.06. The summed E-state index contributed by atoms with van der Waals surface area (Å²) >= 11 is 0. The molecule has 0 aromatic heterocycles. The van der Waals surface area contributed by atoms with E-state index >= 15 is 0 Å². The molecule has 0 fully saturated rings. The van der Waals surface area contributed by atoms with Crippen molar-refractivity contribution < 1.29 is 8.23 Å². The van der Waals surface area contributed by atoms with Crippen molar-refractivity contribution in [3.05, 3.63) is 0 Å². The molecule has 0 N–H and O–H groups in total. The molecule has 2 nitrogen and oxygen atoms in total. The summed E-state index contributed by atoms with van der Waals surface area (Å²) in [5.74, 6) is 0. The predicted molar refractivity (Wildman–Crippen MR) is 66.6 cm³/mol. The van der Waals surface area contributed by atoms with E-state index in [-0.39, 0.29) is 9.76 Å². The fourth-order valence-electron chi connectivity index (χ4n) is 1.23. The summed E-state index contributed by atoms with van der Waals surface area (Å²) in [5.41, 5.74) is 0. The smallest absolute Gasteiger partial charge is 0.310 e. The van der Waals surface area contributed by atoms with Gasteiger partial charge in [0.15, 0.2) is 8.32 Å². The first-order chi connectivity index (χ1) is 5.77. The van der Waals surface area contributed by atoms with Crippen LogP contribution in [0.1, 0.15) is 13.3 Å². The van der Waals surface area contributed by atoms with E-state index in [0.29, 0.717) is 0 Å². The van der Waals surface area contributed by atoms with Gasteiger partial charge in [-0.1, -0.05) is 13.3 Å². The quantitative estimate of drug-likeness (QED) is 0.521. The highest BCUT2D eigenvalue weighted by Gasteiger charge is 2.30. The average molecular weight is 237 g/mol. The molecular weight excluding hydrogens is 212 g/mol. The molecule has 0 saturated heterocycles. The van der Waals surface area contributed by atoms with Gasteiger partial charge < -0.3 is 8.23 Å². The van der Waals surface area contributed by atoms with Crippen molar-refractivity contribution in [2.75, 3.05) is 0 Å². The van der Waals surface area contributed by atoms with Crippen molar-refractivity contribution in [2.24, 2.45) is 0 Å². The monoisotopic (exact) mass is 236 g/mol. The zero-order chi connectivity index (χ0) is 10.5. The minimum Gasteiger partial charge on any atom is -0.442 e. The minimum atomic E-state index is -1.75. The van der Waals surface area contributed by atoms with Crippen LogP contribution in [0.3, 0.4) is 0 Å². The summed E-state index contributed by atoms with van der Waals surface area (Å²) in [6.07, 6.45) is 1.25. The van der Waals surface area contributed by atoms with E-state index in [0.717, 1.165) is 0 Å². The molecule has 0 saturated carbocycles. The van der Waals surface area contributed by atoms with Crippen LogP contribution in [0.15, 0.2) is 0 Å². The number of hydrogen-bond acceptors (Lipinski definition) is 2. The molecule has 0 aliphatic carbocycles. The van der Waals surface area contributed by atoms with Crippen LogP contribution in [0.5, 0.6) is 0 Å². The Morgan fingerprint density at radius 1 is 1.08 bits per heavy atom. The summed E-state index contributed by atoms with van der Waals surface area (Å²) in [6.45, 7) is 13.2. The first-order valence-corrected chi connectivity index (χ1v) is 12.9. The standard InChI is InChI=1S/C8H24O2Si3/c1-7-8-11-9-13(5,6)10-12(2,3)4/h7-8,11H2,1-6H3. The Balaban J connectivity index is 3.80. The van der Waals surface area contributed by atoms with Crippen molar-refractivity contribution >= 4 is 26.6 Å². The Labute approximate surface area is 87.4 Å². The van der Waals surface area contributed by atoms with Crippen molar-refractivity contribution in [2.45, 2.75) is 52.1 Å². The van der Waals surface area contributed by atoms with Gasteiger partial charge in [0.1, 0.15) is 9.76 Å². The fraction of sp³-hybridized carbons (Fsp3) is 1.00. The van der Waals surface area contributed by atoms with E-state index in [2.05, 4.69) is 39.7 Å². The molecular formula is C8H24O2Si3. The van der Waals surface area contributed by atoms with Crippen LogP contribution in [0, 0.1) is 0 Å². The van der Waals surface area contributed by atoms with Crippen LogP contribution in [-0.4, -0.2) is 26.6 Å². The molecule has 0 aliphatic heterocycles. The van der Waals surface area contributed by atoms with E-state index in [4.69, 9.17) is 8.23 Å². The topological polar surface area (TPSA) is 18.5 Å². The van der Waals surface area contributed by atoms with Crippen molar-refractivity contribution in [3.8, 4) is 0 Å². The lowest BCUT2D eigenvalue weighted by Gasteiger charge is -2.31. The lowest BCUT2D eigenvalue weighted by atomic mass is 10.6. The zero-order valence-electron chi connectivity index (χ0n) is 9.94. The maximum atomic E-state index is 6.06. The molecule has 0 bridgehead atoms. The number of rotatable bonds is 6. The van der Waals surface area contributed by atoms with Crippen LogP contribution in [0.25, 0.3) is 0 Å². The van der Waals surface area contributed by atoms with Crippen LogP contribution in [-0.2, 0) is 8.23 Å². The van der Waals surface area contributed by atoms with E-state index in [1.54, 1.807) is 0 Å². The van der Waals surface area contributed by atoms with Crippen LogP contribution >= 0.6 is 0 Å². The maximum Gasteiger partial charge on any atom is 0.310 e. The molecule has 0 heterocycles. The van der Waals surface area contributed by atoms with Crippen molar-refractivity contribution in [3.63, 3.8) is 0 Å². The Morgan fingerprint density at radius 3 is 2.00 bits per heavy atom. The lowest BCUT2D eigenvalue weighted by molar-refractivity contribution is 0.409. The minimum absolute atomic E-state index is 0.303. The highest BCUT2D eigenvalue weighted by Crippen LogP contribution is 2.14.